The van der Waals surface area contributed by atoms with Gasteiger partial charge in [-0.05, 0) is 40.2 Å². The summed E-state index contributed by atoms with van der Waals surface area (Å²) in [6.45, 7) is 0. The Kier molecular flexibility index (Phi) is 3.75. The van der Waals surface area contributed by atoms with E-state index in [-0.39, 0.29) is 16.0 Å². The topological polar surface area (TPSA) is 52.4 Å². The predicted octanol–water partition coefficient (Wildman–Crippen LogP) is 4.43. The quantitative estimate of drug-likeness (QED) is 0.618. The average Bonchev–Trinajstić information content (AvgIpc) is 2.33. The molecule has 98 valence electrons. The maximum atomic E-state index is 13.3. The van der Waals surface area contributed by atoms with Gasteiger partial charge in [0.15, 0.2) is 0 Å². The largest absolute Gasteiger partial charge is 0.450 e. The van der Waals surface area contributed by atoms with Crippen LogP contribution in [0.4, 0.5) is 14.5 Å². The van der Waals surface area contributed by atoms with Crippen LogP contribution in [0.25, 0.3) is 0 Å². The molecule has 2 aromatic rings. The van der Waals surface area contributed by atoms with E-state index < -0.39 is 22.2 Å². The Hall–Kier alpha value is -2.02. The number of benzene rings is 2. The van der Waals surface area contributed by atoms with Crippen molar-refractivity contribution in [1.82, 2.24) is 0 Å². The van der Waals surface area contributed by atoms with Crippen molar-refractivity contribution < 1.29 is 18.4 Å². The molecule has 2 aromatic carbocycles. The van der Waals surface area contributed by atoms with Gasteiger partial charge in [0, 0.05) is 6.07 Å². The van der Waals surface area contributed by atoms with Crippen LogP contribution in [0.2, 0.25) is 0 Å². The standard InChI is InChI=1S/C12H6BrF2NO3/c13-8-5-4-7(6-10(8)15)19-11-3-1-2-9(14)12(11)16(17)18/h1-6H. The van der Waals surface area contributed by atoms with Crippen LogP contribution in [-0.4, -0.2) is 4.92 Å². The molecule has 0 unspecified atom stereocenters. The van der Waals surface area contributed by atoms with Crippen molar-refractivity contribution in [3.05, 3.63) is 62.6 Å². The third kappa shape index (κ3) is 2.87. The van der Waals surface area contributed by atoms with Crippen molar-refractivity contribution in [3.8, 4) is 11.5 Å². The second kappa shape index (κ2) is 5.31. The van der Waals surface area contributed by atoms with Crippen LogP contribution in [0, 0.1) is 21.7 Å². The highest BCUT2D eigenvalue weighted by Crippen LogP contribution is 2.34. The van der Waals surface area contributed by atoms with Crippen molar-refractivity contribution in [2.45, 2.75) is 0 Å². The number of nitrogens with zero attached hydrogens (tertiary/aromatic N) is 1. The molecule has 4 nitrogen and oxygen atoms in total. The van der Waals surface area contributed by atoms with E-state index in [1.54, 1.807) is 0 Å². The van der Waals surface area contributed by atoms with Crippen LogP contribution in [-0.2, 0) is 0 Å². The zero-order chi connectivity index (χ0) is 14.0. The maximum absolute atomic E-state index is 13.3. The first-order valence-corrected chi connectivity index (χ1v) is 5.84. The predicted molar refractivity (Wildman–Crippen MR) is 67.2 cm³/mol. The molecule has 0 N–H and O–H groups in total. The van der Waals surface area contributed by atoms with Gasteiger partial charge in [0.1, 0.15) is 11.6 Å². The number of nitro benzene ring substituents is 1. The Balaban J connectivity index is 2.40. The van der Waals surface area contributed by atoms with Gasteiger partial charge < -0.3 is 4.74 Å². The molecule has 7 heteroatoms. The monoisotopic (exact) mass is 329 g/mol. The number of nitro groups is 1. The number of hydrogen-bond acceptors (Lipinski definition) is 3. The Morgan fingerprint density at radius 3 is 2.53 bits per heavy atom. The fourth-order valence-electron chi connectivity index (χ4n) is 1.42. The average molecular weight is 330 g/mol. The van der Waals surface area contributed by atoms with Crippen LogP contribution in [0.1, 0.15) is 0 Å². The van der Waals surface area contributed by atoms with E-state index in [1.807, 2.05) is 0 Å². The molecule has 19 heavy (non-hydrogen) atoms. The van der Waals surface area contributed by atoms with Crippen molar-refractivity contribution in [2.24, 2.45) is 0 Å². The summed E-state index contributed by atoms with van der Waals surface area (Å²) in [7, 11) is 0. The van der Waals surface area contributed by atoms with E-state index in [0.717, 1.165) is 12.1 Å². The molecule has 2 rings (SSSR count). The van der Waals surface area contributed by atoms with Crippen LogP contribution in [0.3, 0.4) is 0 Å². The third-order valence-corrected chi connectivity index (χ3v) is 2.89. The van der Waals surface area contributed by atoms with Gasteiger partial charge in [0.05, 0.1) is 9.40 Å². The zero-order valence-corrected chi connectivity index (χ0v) is 10.9. The van der Waals surface area contributed by atoms with E-state index >= 15 is 0 Å². The summed E-state index contributed by atoms with van der Waals surface area (Å²) in [6.07, 6.45) is 0. The lowest BCUT2D eigenvalue weighted by Crippen LogP contribution is -1.96. The molecule has 0 saturated heterocycles. The second-order valence-electron chi connectivity index (χ2n) is 3.52. The minimum atomic E-state index is -1.01. The Morgan fingerprint density at radius 2 is 1.89 bits per heavy atom. The SMILES string of the molecule is O=[N+]([O-])c1c(F)cccc1Oc1ccc(Br)c(F)c1. The first kappa shape index (κ1) is 13.4. The summed E-state index contributed by atoms with van der Waals surface area (Å²) in [4.78, 5) is 9.87. The summed E-state index contributed by atoms with van der Waals surface area (Å²) in [5, 5.41) is 10.8. The second-order valence-corrected chi connectivity index (χ2v) is 4.38. The van der Waals surface area contributed by atoms with Gasteiger partial charge in [-0.15, -0.1) is 0 Å². The lowest BCUT2D eigenvalue weighted by Gasteiger charge is -2.07. The summed E-state index contributed by atoms with van der Waals surface area (Å²) in [5.41, 5.74) is -0.786. The number of hydrogen-bond donors (Lipinski definition) is 0. The minimum absolute atomic E-state index is 0.0365. The van der Waals surface area contributed by atoms with Gasteiger partial charge in [-0.1, -0.05) is 6.07 Å². The summed E-state index contributed by atoms with van der Waals surface area (Å²) in [6, 6.07) is 7.29. The molecule has 0 aliphatic rings. The first-order valence-electron chi connectivity index (χ1n) is 5.05. The Bertz CT molecular complexity index is 649. The molecule has 0 radical (unpaired) electrons. The fourth-order valence-corrected chi connectivity index (χ4v) is 1.67. The third-order valence-electron chi connectivity index (χ3n) is 2.25. The number of ether oxygens (including phenoxy) is 1. The molecule has 0 saturated carbocycles. The molecule has 0 aliphatic heterocycles. The first-order chi connectivity index (χ1) is 8.99. The molecule has 0 amide bonds. The van der Waals surface area contributed by atoms with E-state index in [2.05, 4.69) is 15.9 Å². The highest BCUT2D eigenvalue weighted by Gasteiger charge is 2.21. The van der Waals surface area contributed by atoms with Gasteiger partial charge in [-0.2, -0.15) is 4.39 Å². The molecule has 0 spiro atoms. The molecular formula is C12H6BrF2NO3. The van der Waals surface area contributed by atoms with Gasteiger partial charge in [-0.3, -0.25) is 10.1 Å². The lowest BCUT2D eigenvalue weighted by molar-refractivity contribution is -0.388. The molecule has 0 aromatic heterocycles. The zero-order valence-electron chi connectivity index (χ0n) is 9.27. The summed E-state index contributed by atoms with van der Waals surface area (Å²) >= 11 is 2.97. The van der Waals surface area contributed by atoms with Crippen LogP contribution < -0.4 is 4.74 Å². The lowest BCUT2D eigenvalue weighted by atomic mass is 10.3. The van der Waals surface area contributed by atoms with E-state index in [9.17, 15) is 18.9 Å². The number of rotatable bonds is 3. The van der Waals surface area contributed by atoms with Crippen molar-refractivity contribution in [1.29, 1.82) is 0 Å². The van der Waals surface area contributed by atoms with Crippen LogP contribution in [0.5, 0.6) is 11.5 Å². The van der Waals surface area contributed by atoms with Crippen LogP contribution in [0.15, 0.2) is 40.9 Å². The smallest absolute Gasteiger partial charge is 0.346 e. The highest BCUT2D eigenvalue weighted by molar-refractivity contribution is 9.10. The fraction of sp³-hybridized carbons (Fsp3) is 0. The minimum Gasteiger partial charge on any atom is -0.450 e. The molecule has 0 heterocycles. The van der Waals surface area contributed by atoms with Crippen molar-refractivity contribution >= 4 is 21.6 Å². The maximum Gasteiger partial charge on any atom is 0.346 e. The molecule has 0 aliphatic carbocycles. The summed E-state index contributed by atoms with van der Waals surface area (Å²) in [5.74, 6) is -1.85. The van der Waals surface area contributed by atoms with Gasteiger partial charge in [0.2, 0.25) is 11.6 Å². The van der Waals surface area contributed by atoms with Crippen molar-refractivity contribution in [3.63, 3.8) is 0 Å². The normalized spacial score (nSPS) is 10.3. The highest BCUT2D eigenvalue weighted by atomic mass is 79.9. The molecule has 0 bridgehead atoms. The van der Waals surface area contributed by atoms with Gasteiger partial charge in [0.25, 0.3) is 0 Å². The molecule has 0 fully saturated rings. The molecular weight excluding hydrogens is 324 g/mol. The Labute approximate surface area is 114 Å². The number of halogens is 3. The number of para-hydroxylation sites is 1. The van der Waals surface area contributed by atoms with E-state index in [0.29, 0.717) is 0 Å². The molecule has 0 atom stereocenters. The van der Waals surface area contributed by atoms with Gasteiger partial charge in [-0.25, -0.2) is 4.39 Å². The summed E-state index contributed by atoms with van der Waals surface area (Å²) < 4.78 is 32.0. The van der Waals surface area contributed by atoms with E-state index in [1.165, 1.54) is 24.3 Å². The Morgan fingerprint density at radius 1 is 1.16 bits per heavy atom. The van der Waals surface area contributed by atoms with Crippen molar-refractivity contribution in [2.75, 3.05) is 0 Å². The van der Waals surface area contributed by atoms with Gasteiger partial charge >= 0.3 is 5.69 Å². The van der Waals surface area contributed by atoms with Crippen LogP contribution >= 0.6 is 15.9 Å². The van der Waals surface area contributed by atoms with E-state index in [4.69, 9.17) is 4.74 Å².